The molecular weight excluding hydrogens is 296 g/mol. The summed E-state index contributed by atoms with van der Waals surface area (Å²) in [5.74, 6) is 0.738. The summed E-state index contributed by atoms with van der Waals surface area (Å²) >= 11 is 5.62. The average Bonchev–Trinajstić information content (AvgIpc) is 2.38. The minimum Gasteiger partial charge on any atom is -0.282 e. The SMILES string of the molecule is Cc1ccc(S(=O)(=O)O)cc1CCCCCCCCCl. The Kier molecular flexibility index (Phi) is 7.56. The van der Waals surface area contributed by atoms with E-state index < -0.39 is 10.1 Å². The summed E-state index contributed by atoms with van der Waals surface area (Å²) in [5.41, 5.74) is 2.07. The molecule has 1 rings (SSSR count). The van der Waals surface area contributed by atoms with E-state index in [1.807, 2.05) is 6.92 Å². The summed E-state index contributed by atoms with van der Waals surface area (Å²) in [6, 6.07) is 4.78. The van der Waals surface area contributed by atoms with Gasteiger partial charge in [-0.25, -0.2) is 0 Å². The van der Waals surface area contributed by atoms with Gasteiger partial charge in [0, 0.05) is 5.88 Å². The monoisotopic (exact) mass is 318 g/mol. The molecule has 0 aliphatic rings. The maximum absolute atomic E-state index is 11.1. The van der Waals surface area contributed by atoms with Crippen LogP contribution < -0.4 is 0 Å². The number of benzene rings is 1. The van der Waals surface area contributed by atoms with Gasteiger partial charge in [-0.2, -0.15) is 8.42 Å². The van der Waals surface area contributed by atoms with Crippen LogP contribution in [0.25, 0.3) is 0 Å². The Hall–Kier alpha value is -0.580. The third-order valence-corrected chi connectivity index (χ3v) is 4.57. The second-order valence-electron chi connectivity index (χ2n) is 5.12. The van der Waals surface area contributed by atoms with Crippen molar-refractivity contribution >= 4 is 21.7 Å². The first-order valence-electron chi connectivity index (χ1n) is 7.08. The van der Waals surface area contributed by atoms with Crippen molar-refractivity contribution in [2.75, 3.05) is 5.88 Å². The second kappa shape index (κ2) is 8.65. The zero-order chi connectivity index (χ0) is 15.0. The number of alkyl halides is 1. The van der Waals surface area contributed by atoms with Crippen molar-refractivity contribution < 1.29 is 13.0 Å². The van der Waals surface area contributed by atoms with Crippen LogP contribution in [0.5, 0.6) is 0 Å². The Morgan fingerprint density at radius 2 is 1.65 bits per heavy atom. The van der Waals surface area contributed by atoms with Crippen LogP contribution in [0.15, 0.2) is 23.1 Å². The summed E-state index contributed by atoms with van der Waals surface area (Å²) in [4.78, 5) is -0.0137. The fourth-order valence-electron chi connectivity index (χ4n) is 2.19. The molecule has 1 aromatic rings. The summed E-state index contributed by atoms with van der Waals surface area (Å²) in [5, 5.41) is 0. The van der Waals surface area contributed by atoms with E-state index in [4.69, 9.17) is 16.2 Å². The molecule has 0 unspecified atom stereocenters. The third kappa shape index (κ3) is 6.25. The van der Waals surface area contributed by atoms with Crippen molar-refractivity contribution in [3.8, 4) is 0 Å². The molecule has 0 aliphatic heterocycles. The van der Waals surface area contributed by atoms with Crippen molar-refractivity contribution in [1.29, 1.82) is 0 Å². The van der Waals surface area contributed by atoms with E-state index in [-0.39, 0.29) is 4.90 Å². The van der Waals surface area contributed by atoms with Crippen molar-refractivity contribution in [3.63, 3.8) is 0 Å². The highest BCUT2D eigenvalue weighted by Gasteiger charge is 2.11. The van der Waals surface area contributed by atoms with E-state index >= 15 is 0 Å². The molecule has 0 radical (unpaired) electrons. The smallest absolute Gasteiger partial charge is 0.282 e. The topological polar surface area (TPSA) is 54.4 Å². The van der Waals surface area contributed by atoms with E-state index in [1.165, 1.54) is 25.3 Å². The molecule has 114 valence electrons. The number of aryl methyl sites for hydroxylation is 2. The molecule has 0 bridgehead atoms. The zero-order valence-electron chi connectivity index (χ0n) is 11.9. The highest BCUT2D eigenvalue weighted by Crippen LogP contribution is 2.18. The molecule has 0 spiro atoms. The molecule has 5 heteroatoms. The van der Waals surface area contributed by atoms with E-state index in [0.717, 1.165) is 42.7 Å². The van der Waals surface area contributed by atoms with Crippen LogP contribution in [0.3, 0.4) is 0 Å². The first-order valence-corrected chi connectivity index (χ1v) is 9.05. The Balaban J connectivity index is 2.44. The lowest BCUT2D eigenvalue weighted by Crippen LogP contribution is -2.00. The van der Waals surface area contributed by atoms with E-state index in [0.29, 0.717) is 0 Å². The maximum Gasteiger partial charge on any atom is 0.294 e. The predicted octanol–water partition coefficient (Wildman–Crippen LogP) is 4.36. The lowest BCUT2D eigenvalue weighted by molar-refractivity contribution is 0.483. The van der Waals surface area contributed by atoms with Gasteiger partial charge in [0.05, 0.1) is 4.90 Å². The highest BCUT2D eigenvalue weighted by molar-refractivity contribution is 7.85. The second-order valence-corrected chi connectivity index (χ2v) is 6.92. The molecule has 0 aliphatic carbocycles. The standard InChI is InChI=1S/C15H23ClO3S/c1-13-9-10-15(20(17,18)19)12-14(13)8-6-4-2-3-5-7-11-16/h9-10,12H,2-8,11H2,1H3,(H,17,18,19). The van der Waals surface area contributed by atoms with Crippen molar-refractivity contribution in [2.24, 2.45) is 0 Å². The number of hydrogen-bond acceptors (Lipinski definition) is 2. The number of rotatable bonds is 9. The van der Waals surface area contributed by atoms with Gasteiger partial charge >= 0.3 is 0 Å². The molecular formula is C15H23ClO3S. The molecule has 0 saturated heterocycles. The zero-order valence-corrected chi connectivity index (χ0v) is 13.5. The third-order valence-electron chi connectivity index (χ3n) is 3.45. The van der Waals surface area contributed by atoms with Crippen LogP contribution in [-0.2, 0) is 16.5 Å². The number of halogens is 1. The molecule has 0 amide bonds. The van der Waals surface area contributed by atoms with Crippen molar-refractivity contribution in [3.05, 3.63) is 29.3 Å². The lowest BCUT2D eigenvalue weighted by atomic mass is 10.0. The largest absolute Gasteiger partial charge is 0.294 e. The van der Waals surface area contributed by atoms with Crippen LogP contribution >= 0.6 is 11.6 Å². The fraction of sp³-hybridized carbons (Fsp3) is 0.600. The molecule has 0 fully saturated rings. The Morgan fingerprint density at radius 3 is 2.25 bits per heavy atom. The highest BCUT2D eigenvalue weighted by atomic mass is 35.5. The molecule has 1 aromatic carbocycles. The van der Waals surface area contributed by atoms with Gasteiger partial charge in [-0.15, -0.1) is 11.6 Å². The summed E-state index contributed by atoms with van der Waals surface area (Å²) in [6.07, 6.45) is 7.68. The van der Waals surface area contributed by atoms with Gasteiger partial charge in [0.2, 0.25) is 0 Å². The van der Waals surface area contributed by atoms with Gasteiger partial charge < -0.3 is 0 Å². The molecule has 0 saturated carbocycles. The van der Waals surface area contributed by atoms with E-state index in [9.17, 15) is 8.42 Å². The van der Waals surface area contributed by atoms with Crippen LogP contribution in [-0.4, -0.2) is 18.9 Å². The van der Waals surface area contributed by atoms with Crippen molar-refractivity contribution in [2.45, 2.75) is 56.8 Å². The lowest BCUT2D eigenvalue weighted by Gasteiger charge is -2.07. The first kappa shape index (κ1) is 17.5. The molecule has 20 heavy (non-hydrogen) atoms. The normalized spacial score (nSPS) is 11.8. The van der Waals surface area contributed by atoms with Gasteiger partial charge in [-0.1, -0.05) is 31.7 Å². The van der Waals surface area contributed by atoms with Crippen LogP contribution in [0.1, 0.15) is 49.7 Å². The Labute approximate surface area is 127 Å². The molecule has 0 aromatic heterocycles. The Morgan fingerprint density at radius 1 is 1.05 bits per heavy atom. The van der Waals surface area contributed by atoms with Crippen LogP contribution in [0.4, 0.5) is 0 Å². The van der Waals surface area contributed by atoms with Crippen LogP contribution in [0.2, 0.25) is 0 Å². The van der Waals surface area contributed by atoms with Crippen LogP contribution in [0, 0.1) is 6.92 Å². The van der Waals surface area contributed by atoms with Gasteiger partial charge in [-0.05, 0) is 49.4 Å². The van der Waals surface area contributed by atoms with Crippen molar-refractivity contribution in [1.82, 2.24) is 0 Å². The first-order chi connectivity index (χ1) is 9.45. The summed E-state index contributed by atoms with van der Waals surface area (Å²) in [7, 11) is -4.10. The average molecular weight is 319 g/mol. The fourth-order valence-corrected chi connectivity index (χ4v) is 2.91. The van der Waals surface area contributed by atoms with Gasteiger partial charge in [0.25, 0.3) is 10.1 Å². The molecule has 0 atom stereocenters. The minimum atomic E-state index is -4.10. The Bertz CT molecular complexity index is 512. The summed E-state index contributed by atoms with van der Waals surface area (Å²) in [6.45, 7) is 1.96. The number of unbranched alkanes of at least 4 members (excludes halogenated alkanes) is 5. The van der Waals surface area contributed by atoms with Gasteiger partial charge in [-0.3, -0.25) is 4.55 Å². The maximum atomic E-state index is 11.1. The number of hydrogen-bond donors (Lipinski definition) is 1. The summed E-state index contributed by atoms with van der Waals surface area (Å²) < 4.78 is 31.3. The molecule has 0 heterocycles. The molecule has 3 nitrogen and oxygen atoms in total. The van der Waals surface area contributed by atoms with Gasteiger partial charge in [0.1, 0.15) is 0 Å². The quantitative estimate of drug-likeness (QED) is 0.418. The molecule has 1 N–H and O–H groups in total. The predicted molar refractivity (Wildman–Crippen MR) is 83.1 cm³/mol. The minimum absolute atomic E-state index is 0.0137. The van der Waals surface area contributed by atoms with E-state index in [2.05, 4.69) is 0 Å². The van der Waals surface area contributed by atoms with E-state index in [1.54, 1.807) is 12.1 Å². The van der Waals surface area contributed by atoms with Gasteiger partial charge in [0.15, 0.2) is 0 Å².